The highest BCUT2D eigenvalue weighted by molar-refractivity contribution is 5.97. The van der Waals surface area contributed by atoms with Crippen molar-refractivity contribution >= 4 is 11.6 Å². The molecule has 1 amide bonds. The van der Waals surface area contributed by atoms with E-state index in [2.05, 4.69) is 5.32 Å². The second kappa shape index (κ2) is 5.93. The lowest BCUT2D eigenvalue weighted by Crippen LogP contribution is -2.41. The van der Waals surface area contributed by atoms with E-state index in [1.807, 2.05) is 6.92 Å². The fourth-order valence-corrected chi connectivity index (χ4v) is 1.44. The Morgan fingerprint density at radius 1 is 1.56 bits per heavy atom. The number of methoxy groups -OCH3 is 1. The summed E-state index contributed by atoms with van der Waals surface area (Å²) in [5.41, 5.74) is 5.26. The van der Waals surface area contributed by atoms with Crippen LogP contribution in [0.15, 0.2) is 18.2 Å². The Balaban J connectivity index is 2.88. The minimum Gasteiger partial charge on any atom is -0.369 e. The van der Waals surface area contributed by atoms with Crippen molar-refractivity contribution in [3.8, 4) is 0 Å². The van der Waals surface area contributed by atoms with Gasteiger partial charge >= 0.3 is 0 Å². The van der Waals surface area contributed by atoms with Crippen LogP contribution in [-0.4, -0.2) is 18.6 Å². The molecule has 1 atom stereocenters. The summed E-state index contributed by atoms with van der Waals surface area (Å²) in [6.07, 6.45) is 0.498. The standard InChI is InChI=1S/C13H19FN2O2/c1-4-13(2,18-3)12(17)16-11-6-5-9(8-15)7-10(11)14/h5-7H,4,8,15H2,1-3H3,(H,16,17). The van der Waals surface area contributed by atoms with Gasteiger partial charge < -0.3 is 15.8 Å². The molecule has 5 heteroatoms. The van der Waals surface area contributed by atoms with Gasteiger partial charge in [-0.3, -0.25) is 4.79 Å². The summed E-state index contributed by atoms with van der Waals surface area (Å²) in [5.74, 6) is -0.868. The van der Waals surface area contributed by atoms with Crippen molar-refractivity contribution in [2.24, 2.45) is 5.73 Å². The molecule has 0 aliphatic carbocycles. The normalized spacial score (nSPS) is 14.1. The van der Waals surface area contributed by atoms with Gasteiger partial charge in [-0.15, -0.1) is 0 Å². The maximum atomic E-state index is 13.7. The van der Waals surface area contributed by atoms with Crippen LogP contribution >= 0.6 is 0 Å². The molecule has 0 spiro atoms. The number of halogens is 1. The minimum absolute atomic E-state index is 0.133. The molecule has 3 N–H and O–H groups in total. The zero-order valence-electron chi connectivity index (χ0n) is 10.9. The number of nitrogens with one attached hydrogen (secondary N) is 1. The molecular formula is C13H19FN2O2. The maximum Gasteiger partial charge on any atom is 0.256 e. The predicted octanol–water partition coefficient (Wildman–Crippen LogP) is 2.04. The fraction of sp³-hybridized carbons (Fsp3) is 0.462. The van der Waals surface area contributed by atoms with Gasteiger partial charge in [0, 0.05) is 13.7 Å². The van der Waals surface area contributed by atoms with Gasteiger partial charge in [-0.05, 0) is 31.0 Å². The van der Waals surface area contributed by atoms with Crippen molar-refractivity contribution in [3.63, 3.8) is 0 Å². The Morgan fingerprint density at radius 3 is 2.67 bits per heavy atom. The fourth-order valence-electron chi connectivity index (χ4n) is 1.44. The lowest BCUT2D eigenvalue weighted by Gasteiger charge is -2.25. The summed E-state index contributed by atoms with van der Waals surface area (Å²) >= 11 is 0. The topological polar surface area (TPSA) is 64.3 Å². The Morgan fingerprint density at radius 2 is 2.22 bits per heavy atom. The molecule has 100 valence electrons. The zero-order valence-corrected chi connectivity index (χ0v) is 10.9. The molecule has 1 aromatic carbocycles. The lowest BCUT2D eigenvalue weighted by atomic mass is 10.0. The summed E-state index contributed by atoms with van der Waals surface area (Å²) in [6.45, 7) is 3.75. The number of ether oxygens (including phenoxy) is 1. The van der Waals surface area contributed by atoms with E-state index < -0.39 is 11.4 Å². The van der Waals surface area contributed by atoms with Gasteiger partial charge in [-0.1, -0.05) is 13.0 Å². The molecule has 0 aliphatic heterocycles. The molecule has 0 saturated carbocycles. The van der Waals surface area contributed by atoms with Crippen molar-refractivity contribution in [2.75, 3.05) is 12.4 Å². The second-order valence-corrected chi connectivity index (χ2v) is 4.26. The number of carbonyl (C=O) groups is 1. The van der Waals surface area contributed by atoms with Crippen LogP contribution in [0.1, 0.15) is 25.8 Å². The van der Waals surface area contributed by atoms with E-state index in [1.54, 1.807) is 13.0 Å². The van der Waals surface area contributed by atoms with Gasteiger partial charge in [0.15, 0.2) is 0 Å². The van der Waals surface area contributed by atoms with Gasteiger partial charge in [-0.2, -0.15) is 0 Å². The number of anilines is 1. The van der Waals surface area contributed by atoms with E-state index in [4.69, 9.17) is 10.5 Å². The molecule has 0 radical (unpaired) electrons. The van der Waals surface area contributed by atoms with Crippen LogP contribution in [0.25, 0.3) is 0 Å². The van der Waals surface area contributed by atoms with Gasteiger partial charge in [0.2, 0.25) is 0 Å². The Kier molecular flexibility index (Phi) is 4.81. The first kappa shape index (κ1) is 14.6. The molecule has 1 rings (SSSR count). The largest absolute Gasteiger partial charge is 0.369 e. The number of hydrogen-bond acceptors (Lipinski definition) is 3. The first-order chi connectivity index (χ1) is 8.46. The van der Waals surface area contributed by atoms with Gasteiger partial charge in [-0.25, -0.2) is 4.39 Å². The van der Waals surface area contributed by atoms with Crippen LogP contribution < -0.4 is 11.1 Å². The second-order valence-electron chi connectivity index (χ2n) is 4.26. The number of benzene rings is 1. The van der Waals surface area contributed by atoms with Gasteiger partial charge in [0.05, 0.1) is 5.69 Å². The molecule has 0 saturated heterocycles. The third kappa shape index (κ3) is 3.05. The van der Waals surface area contributed by atoms with E-state index in [9.17, 15) is 9.18 Å². The molecule has 4 nitrogen and oxygen atoms in total. The lowest BCUT2D eigenvalue weighted by molar-refractivity contribution is -0.136. The minimum atomic E-state index is -0.959. The molecule has 0 heterocycles. The third-order valence-corrected chi connectivity index (χ3v) is 3.12. The average molecular weight is 254 g/mol. The van der Waals surface area contributed by atoms with Crippen LogP contribution in [0.2, 0.25) is 0 Å². The first-order valence-electron chi connectivity index (χ1n) is 5.82. The quantitative estimate of drug-likeness (QED) is 0.845. The smallest absolute Gasteiger partial charge is 0.256 e. The third-order valence-electron chi connectivity index (χ3n) is 3.12. The van der Waals surface area contributed by atoms with Crippen molar-refractivity contribution in [1.82, 2.24) is 0 Å². The molecule has 0 bridgehead atoms. The molecule has 0 aliphatic rings. The summed E-state index contributed by atoms with van der Waals surface area (Å²) in [7, 11) is 1.46. The SMILES string of the molecule is CCC(C)(OC)C(=O)Nc1ccc(CN)cc1F. The number of carbonyl (C=O) groups excluding carboxylic acids is 1. The number of rotatable bonds is 5. The first-order valence-corrected chi connectivity index (χ1v) is 5.82. The predicted molar refractivity (Wildman–Crippen MR) is 68.6 cm³/mol. The van der Waals surface area contributed by atoms with Crippen molar-refractivity contribution in [3.05, 3.63) is 29.6 Å². The zero-order chi connectivity index (χ0) is 13.8. The van der Waals surface area contributed by atoms with E-state index in [0.717, 1.165) is 0 Å². The number of hydrogen-bond donors (Lipinski definition) is 2. The molecule has 1 unspecified atom stereocenters. The van der Waals surface area contributed by atoms with E-state index in [1.165, 1.54) is 19.2 Å². The van der Waals surface area contributed by atoms with Gasteiger partial charge in [0.25, 0.3) is 5.91 Å². The summed E-state index contributed by atoms with van der Waals surface area (Å²) in [6, 6.07) is 4.49. The average Bonchev–Trinajstić information content (AvgIpc) is 2.39. The van der Waals surface area contributed by atoms with Crippen molar-refractivity contribution in [2.45, 2.75) is 32.4 Å². The molecule has 0 aromatic heterocycles. The number of amides is 1. The highest BCUT2D eigenvalue weighted by Crippen LogP contribution is 2.20. The Hall–Kier alpha value is -1.46. The highest BCUT2D eigenvalue weighted by atomic mass is 19.1. The Labute approximate surface area is 106 Å². The Bertz CT molecular complexity index is 431. The van der Waals surface area contributed by atoms with Crippen LogP contribution in [-0.2, 0) is 16.1 Å². The molecule has 1 aromatic rings. The summed E-state index contributed by atoms with van der Waals surface area (Å²) < 4.78 is 18.8. The van der Waals surface area contributed by atoms with Crippen molar-refractivity contribution in [1.29, 1.82) is 0 Å². The highest BCUT2D eigenvalue weighted by Gasteiger charge is 2.31. The summed E-state index contributed by atoms with van der Waals surface area (Å²) in [4.78, 5) is 12.0. The van der Waals surface area contributed by atoms with E-state index >= 15 is 0 Å². The maximum absolute atomic E-state index is 13.7. The molecular weight excluding hydrogens is 235 g/mol. The molecule has 18 heavy (non-hydrogen) atoms. The van der Waals surface area contributed by atoms with Crippen LogP contribution in [0.5, 0.6) is 0 Å². The van der Waals surface area contributed by atoms with Gasteiger partial charge in [0.1, 0.15) is 11.4 Å². The molecule has 0 fully saturated rings. The van der Waals surface area contributed by atoms with Crippen molar-refractivity contribution < 1.29 is 13.9 Å². The number of nitrogens with two attached hydrogens (primary N) is 1. The monoisotopic (exact) mass is 254 g/mol. The van der Waals surface area contributed by atoms with Crippen LogP contribution in [0.3, 0.4) is 0 Å². The van der Waals surface area contributed by atoms with E-state index in [-0.39, 0.29) is 18.1 Å². The van der Waals surface area contributed by atoms with Crippen LogP contribution in [0, 0.1) is 5.82 Å². The summed E-state index contributed by atoms with van der Waals surface area (Å²) in [5, 5.41) is 2.52. The van der Waals surface area contributed by atoms with E-state index in [0.29, 0.717) is 12.0 Å². The van der Waals surface area contributed by atoms with Crippen LogP contribution in [0.4, 0.5) is 10.1 Å².